The van der Waals surface area contributed by atoms with E-state index >= 15 is 0 Å². The summed E-state index contributed by atoms with van der Waals surface area (Å²) in [6.45, 7) is 4.53. The first kappa shape index (κ1) is 9.66. The molecule has 1 saturated heterocycles. The fourth-order valence-corrected chi connectivity index (χ4v) is 2.17. The lowest BCUT2D eigenvalue weighted by molar-refractivity contribution is 0.0341. The molecule has 1 aliphatic heterocycles. The van der Waals surface area contributed by atoms with Gasteiger partial charge in [-0.25, -0.2) is 4.98 Å². The van der Waals surface area contributed by atoms with Gasteiger partial charge < -0.3 is 4.74 Å². The van der Waals surface area contributed by atoms with Gasteiger partial charge in [0.1, 0.15) is 5.01 Å². The molecule has 0 aromatic carbocycles. The van der Waals surface area contributed by atoms with E-state index in [1.54, 1.807) is 17.5 Å². The van der Waals surface area contributed by atoms with Gasteiger partial charge in [0.15, 0.2) is 0 Å². The van der Waals surface area contributed by atoms with Gasteiger partial charge in [0.2, 0.25) is 0 Å². The zero-order chi connectivity index (χ0) is 9.80. The van der Waals surface area contributed by atoms with E-state index < -0.39 is 0 Å². The number of aromatic nitrogens is 1. The maximum atomic E-state index is 5.28. The number of nitrogens with zero attached hydrogens (tertiary/aromatic N) is 2. The van der Waals surface area contributed by atoms with Crippen molar-refractivity contribution >= 4 is 11.3 Å². The molecule has 0 atom stereocenters. The number of rotatable bonds is 2. The second-order valence-electron chi connectivity index (χ2n) is 3.15. The Balaban J connectivity index is 1.93. The Morgan fingerprint density at radius 3 is 3.00 bits per heavy atom. The van der Waals surface area contributed by atoms with E-state index in [1.807, 2.05) is 0 Å². The molecule has 0 N–H and O–H groups in total. The van der Waals surface area contributed by atoms with E-state index in [4.69, 9.17) is 11.2 Å². The van der Waals surface area contributed by atoms with Crippen molar-refractivity contribution in [2.75, 3.05) is 26.3 Å². The lowest BCUT2D eigenvalue weighted by Gasteiger charge is -2.25. The van der Waals surface area contributed by atoms with Gasteiger partial charge in [0, 0.05) is 13.1 Å². The van der Waals surface area contributed by atoms with Crippen LogP contribution in [0.3, 0.4) is 0 Å². The van der Waals surface area contributed by atoms with Crippen molar-refractivity contribution in [3.63, 3.8) is 0 Å². The minimum atomic E-state index is 0.827. The Kier molecular flexibility index (Phi) is 3.14. The summed E-state index contributed by atoms with van der Waals surface area (Å²) in [4.78, 5) is 7.52. The van der Waals surface area contributed by atoms with Gasteiger partial charge in [0.25, 0.3) is 0 Å². The molecule has 1 aromatic rings. The molecule has 0 aliphatic carbocycles. The van der Waals surface area contributed by atoms with Crippen LogP contribution in [0.1, 0.15) is 9.88 Å². The first-order chi connectivity index (χ1) is 6.88. The van der Waals surface area contributed by atoms with Crippen LogP contribution in [0.5, 0.6) is 0 Å². The van der Waals surface area contributed by atoms with Crippen LogP contribution < -0.4 is 0 Å². The monoisotopic (exact) mass is 208 g/mol. The number of thiazole rings is 1. The van der Waals surface area contributed by atoms with Gasteiger partial charge in [0.05, 0.1) is 30.8 Å². The van der Waals surface area contributed by atoms with Crippen molar-refractivity contribution in [2.45, 2.75) is 6.54 Å². The average Bonchev–Trinajstić information content (AvgIpc) is 2.67. The summed E-state index contributed by atoms with van der Waals surface area (Å²) in [6, 6.07) is 0. The highest BCUT2D eigenvalue weighted by atomic mass is 32.1. The summed E-state index contributed by atoms with van der Waals surface area (Å²) < 4.78 is 5.27. The highest BCUT2D eigenvalue weighted by Gasteiger charge is 2.12. The molecule has 14 heavy (non-hydrogen) atoms. The van der Waals surface area contributed by atoms with Crippen LogP contribution in [-0.4, -0.2) is 36.2 Å². The minimum absolute atomic E-state index is 0.827. The normalized spacial score (nSPS) is 17.9. The Hall–Kier alpha value is -0.890. The molecule has 1 aromatic heterocycles. The second kappa shape index (κ2) is 4.56. The van der Waals surface area contributed by atoms with Crippen molar-refractivity contribution in [1.82, 2.24) is 9.88 Å². The molecule has 2 rings (SSSR count). The quantitative estimate of drug-likeness (QED) is 0.677. The molecule has 3 nitrogen and oxygen atoms in total. The van der Waals surface area contributed by atoms with Gasteiger partial charge >= 0.3 is 0 Å². The summed E-state index contributed by atoms with van der Waals surface area (Å²) >= 11 is 1.60. The highest BCUT2D eigenvalue weighted by Crippen LogP contribution is 2.14. The largest absolute Gasteiger partial charge is 0.379 e. The fraction of sp³-hybridized carbons (Fsp3) is 0.500. The van der Waals surface area contributed by atoms with E-state index in [-0.39, 0.29) is 0 Å². The molecular weight excluding hydrogens is 196 g/mol. The third kappa shape index (κ3) is 2.32. The average molecular weight is 208 g/mol. The fourth-order valence-electron chi connectivity index (χ4n) is 1.40. The van der Waals surface area contributed by atoms with Crippen molar-refractivity contribution in [2.24, 2.45) is 0 Å². The van der Waals surface area contributed by atoms with Gasteiger partial charge in [-0.15, -0.1) is 17.8 Å². The van der Waals surface area contributed by atoms with Crippen molar-refractivity contribution in [3.8, 4) is 12.3 Å². The topological polar surface area (TPSA) is 25.4 Å². The smallest absolute Gasteiger partial charge is 0.108 e. The molecule has 2 heterocycles. The van der Waals surface area contributed by atoms with E-state index in [0.29, 0.717) is 0 Å². The Bertz CT molecular complexity index is 336. The van der Waals surface area contributed by atoms with E-state index in [9.17, 15) is 0 Å². The van der Waals surface area contributed by atoms with E-state index in [1.165, 1.54) is 0 Å². The Labute approximate surface area is 87.7 Å². The van der Waals surface area contributed by atoms with Gasteiger partial charge in [-0.3, -0.25) is 4.90 Å². The van der Waals surface area contributed by atoms with Crippen LogP contribution >= 0.6 is 11.3 Å². The molecule has 0 radical (unpaired) electrons. The third-order valence-electron chi connectivity index (χ3n) is 2.16. The molecule has 0 spiro atoms. The molecule has 1 aliphatic rings. The van der Waals surface area contributed by atoms with Crippen LogP contribution in [-0.2, 0) is 11.3 Å². The molecule has 0 saturated carbocycles. The SMILES string of the molecule is C#Cc1cnc(CN2CCOCC2)s1. The summed E-state index contributed by atoms with van der Waals surface area (Å²) in [5.41, 5.74) is 0. The lowest BCUT2D eigenvalue weighted by atomic mass is 10.4. The highest BCUT2D eigenvalue weighted by molar-refractivity contribution is 7.12. The summed E-state index contributed by atoms with van der Waals surface area (Å²) in [7, 11) is 0. The molecular formula is C10H12N2OS. The van der Waals surface area contributed by atoms with E-state index in [0.717, 1.165) is 42.7 Å². The van der Waals surface area contributed by atoms with Crippen LogP contribution in [0, 0.1) is 12.3 Å². The van der Waals surface area contributed by atoms with Crippen LogP contribution in [0.15, 0.2) is 6.20 Å². The van der Waals surface area contributed by atoms with Gasteiger partial charge in [-0.1, -0.05) is 5.92 Å². The van der Waals surface area contributed by atoms with Crippen LogP contribution in [0.25, 0.3) is 0 Å². The first-order valence-electron chi connectivity index (χ1n) is 4.60. The summed E-state index contributed by atoms with van der Waals surface area (Å²) in [5, 5.41) is 1.10. The summed E-state index contributed by atoms with van der Waals surface area (Å²) in [6.07, 6.45) is 7.05. The van der Waals surface area contributed by atoms with Crippen molar-refractivity contribution < 1.29 is 4.74 Å². The standard InChI is InChI=1S/C10H12N2OS/c1-2-9-7-11-10(14-9)8-12-3-5-13-6-4-12/h1,7H,3-6,8H2. The first-order valence-corrected chi connectivity index (χ1v) is 5.41. The number of terminal acetylenes is 1. The zero-order valence-electron chi connectivity index (χ0n) is 7.90. The lowest BCUT2D eigenvalue weighted by Crippen LogP contribution is -2.35. The number of hydrogen-bond donors (Lipinski definition) is 0. The maximum absolute atomic E-state index is 5.28. The zero-order valence-corrected chi connectivity index (χ0v) is 8.72. The van der Waals surface area contributed by atoms with Crippen LogP contribution in [0.4, 0.5) is 0 Å². The molecule has 0 bridgehead atoms. The van der Waals surface area contributed by atoms with E-state index in [2.05, 4.69) is 15.8 Å². The number of ether oxygens (including phenoxy) is 1. The minimum Gasteiger partial charge on any atom is -0.379 e. The Morgan fingerprint density at radius 2 is 2.36 bits per heavy atom. The van der Waals surface area contributed by atoms with Crippen molar-refractivity contribution in [1.29, 1.82) is 0 Å². The summed E-state index contributed by atoms with van der Waals surface area (Å²) in [5.74, 6) is 2.60. The molecule has 1 fully saturated rings. The van der Waals surface area contributed by atoms with Gasteiger partial charge in [-0.05, 0) is 0 Å². The molecule has 4 heteroatoms. The predicted molar refractivity (Wildman–Crippen MR) is 56.1 cm³/mol. The number of morpholine rings is 1. The molecule has 0 amide bonds. The Morgan fingerprint density at radius 1 is 1.57 bits per heavy atom. The maximum Gasteiger partial charge on any atom is 0.108 e. The number of hydrogen-bond acceptors (Lipinski definition) is 4. The van der Waals surface area contributed by atoms with Gasteiger partial charge in [-0.2, -0.15) is 0 Å². The predicted octanol–water partition coefficient (Wildman–Crippen LogP) is 0.957. The molecule has 74 valence electrons. The third-order valence-corrected chi connectivity index (χ3v) is 3.07. The molecule has 0 unspecified atom stereocenters. The van der Waals surface area contributed by atoms with Crippen molar-refractivity contribution in [3.05, 3.63) is 16.1 Å². The van der Waals surface area contributed by atoms with Crippen LogP contribution in [0.2, 0.25) is 0 Å². The second-order valence-corrected chi connectivity index (χ2v) is 4.27.